The average Bonchev–Trinajstić information content (AvgIpc) is 2.21. The number of carbonyl (C=O) groups excluding carboxylic acids is 1. The van der Waals surface area contributed by atoms with Gasteiger partial charge in [0, 0.05) is 12.1 Å². The fourth-order valence-corrected chi connectivity index (χ4v) is 1.24. The van der Waals surface area contributed by atoms with Crippen LogP contribution in [0.15, 0.2) is 18.2 Å². The lowest BCUT2D eigenvalue weighted by molar-refractivity contribution is -0.115. The van der Waals surface area contributed by atoms with E-state index in [2.05, 4.69) is 5.32 Å². The summed E-state index contributed by atoms with van der Waals surface area (Å²) in [6.07, 6.45) is 0.530. The minimum absolute atomic E-state index is 0.0306. The van der Waals surface area contributed by atoms with Gasteiger partial charge in [-0.3, -0.25) is 4.79 Å². The highest BCUT2D eigenvalue weighted by Crippen LogP contribution is 2.26. The van der Waals surface area contributed by atoms with Crippen molar-refractivity contribution >= 4 is 17.3 Å². The quantitative estimate of drug-likeness (QED) is 0.769. The predicted molar refractivity (Wildman–Crippen MR) is 65.5 cm³/mol. The van der Waals surface area contributed by atoms with E-state index in [1.165, 1.54) is 0 Å². The molecular formula is C12H18N2O2. The Morgan fingerprint density at radius 2 is 2.19 bits per heavy atom. The molecule has 0 bridgehead atoms. The highest BCUT2D eigenvalue weighted by Gasteiger charge is 2.05. The van der Waals surface area contributed by atoms with E-state index >= 15 is 0 Å². The monoisotopic (exact) mass is 222 g/mol. The van der Waals surface area contributed by atoms with Crippen molar-refractivity contribution < 1.29 is 9.53 Å². The summed E-state index contributed by atoms with van der Waals surface area (Å²) >= 11 is 0. The van der Waals surface area contributed by atoms with Gasteiger partial charge in [-0.2, -0.15) is 0 Å². The molecular weight excluding hydrogens is 204 g/mol. The first kappa shape index (κ1) is 12.4. The standard InChI is InChI=1S/C12H18N2O2/c1-4-12(15)14-9-5-6-11(10(13)7-9)16-8(2)3/h5-8H,4,13H2,1-3H3,(H,14,15). The Morgan fingerprint density at radius 3 is 2.69 bits per heavy atom. The van der Waals surface area contributed by atoms with Crippen molar-refractivity contribution in [2.75, 3.05) is 11.1 Å². The van der Waals surface area contributed by atoms with Crippen LogP contribution in [-0.4, -0.2) is 12.0 Å². The highest BCUT2D eigenvalue weighted by molar-refractivity contribution is 5.91. The molecule has 4 nitrogen and oxygen atoms in total. The molecule has 3 N–H and O–H groups in total. The van der Waals surface area contributed by atoms with Crippen molar-refractivity contribution in [3.05, 3.63) is 18.2 Å². The molecule has 0 saturated heterocycles. The average molecular weight is 222 g/mol. The van der Waals surface area contributed by atoms with Gasteiger partial charge in [-0.25, -0.2) is 0 Å². The first-order chi connectivity index (χ1) is 7.52. The number of hydrogen-bond acceptors (Lipinski definition) is 3. The summed E-state index contributed by atoms with van der Waals surface area (Å²) in [5.41, 5.74) is 7.04. The molecule has 0 unspecified atom stereocenters. The van der Waals surface area contributed by atoms with Crippen LogP contribution in [0.1, 0.15) is 27.2 Å². The summed E-state index contributed by atoms with van der Waals surface area (Å²) < 4.78 is 5.49. The minimum atomic E-state index is -0.0306. The molecule has 1 amide bonds. The van der Waals surface area contributed by atoms with Gasteiger partial charge in [0.15, 0.2) is 0 Å². The van der Waals surface area contributed by atoms with E-state index in [0.717, 1.165) is 0 Å². The maximum Gasteiger partial charge on any atom is 0.224 e. The summed E-state index contributed by atoms with van der Waals surface area (Å²) in [6.45, 7) is 5.67. The second kappa shape index (κ2) is 5.39. The topological polar surface area (TPSA) is 64.3 Å². The van der Waals surface area contributed by atoms with Crippen LogP contribution < -0.4 is 15.8 Å². The van der Waals surface area contributed by atoms with E-state index in [0.29, 0.717) is 23.5 Å². The van der Waals surface area contributed by atoms with E-state index < -0.39 is 0 Å². The third-order valence-electron chi connectivity index (χ3n) is 1.98. The third-order valence-corrected chi connectivity index (χ3v) is 1.98. The number of hydrogen-bond donors (Lipinski definition) is 2. The molecule has 4 heteroatoms. The Balaban J connectivity index is 2.78. The third kappa shape index (κ3) is 3.46. The van der Waals surface area contributed by atoms with Crippen LogP contribution in [0.3, 0.4) is 0 Å². The molecule has 0 aromatic heterocycles. The summed E-state index contributed by atoms with van der Waals surface area (Å²) in [6, 6.07) is 5.24. The Bertz CT molecular complexity index is 375. The molecule has 0 atom stereocenters. The minimum Gasteiger partial charge on any atom is -0.489 e. The van der Waals surface area contributed by atoms with Crippen molar-refractivity contribution in [3.63, 3.8) is 0 Å². The highest BCUT2D eigenvalue weighted by atomic mass is 16.5. The lowest BCUT2D eigenvalue weighted by atomic mass is 10.2. The first-order valence-electron chi connectivity index (χ1n) is 5.39. The van der Waals surface area contributed by atoms with Crippen LogP contribution in [-0.2, 0) is 4.79 Å². The number of amides is 1. The van der Waals surface area contributed by atoms with Crippen molar-refractivity contribution in [1.82, 2.24) is 0 Å². The summed E-state index contributed by atoms with van der Waals surface area (Å²) in [7, 11) is 0. The van der Waals surface area contributed by atoms with Gasteiger partial charge in [0.05, 0.1) is 11.8 Å². The number of ether oxygens (including phenoxy) is 1. The zero-order valence-electron chi connectivity index (χ0n) is 9.91. The van der Waals surface area contributed by atoms with Gasteiger partial charge >= 0.3 is 0 Å². The Labute approximate surface area is 95.8 Å². The molecule has 1 aromatic rings. The Hall–Kier alpha value is -1.71. The van der Waals surface area contributed by atoms with E-state index in [1.54, 1.807) is 25.1 Å². The van der Waals surface area contributed by atoms with Crippen LogP contribution in [0.4, 0.5) is 11.4 Å². The molecule has 0 fully saturated rings. The van der Waals surface area contributed by atoms with E-state index in [4.69, 9.17) is 10.5 Å². The molecule has 0 saturated carbocycles. The lowest BCUT2D eigenvalue weighted by Crippen LogP contribution is -2.11. The number of anilines is 2. The first-order valence-corrected chi connectivity index (χ1v) is 5.39. The van der Waals surface area contributed by atoms with Crippen LogP contribution in [0.2, 0.25) is 0 Å². The van der Waals surface area contributed by atoms with E-state index in [-0.39, 0.29) is 12.0 Å². The fraction of sp³-hybridized carbons (Fsp3) is 0.417. The predicted octanol–water partition coefficient (Wildman–Crippen LogP) is 2.40. The SMILES string of the molecule is CCC(=O)Nc1ccc(OC(C)C)c(N)c1. The molecule has 0 aliphatic rings. The van der Waals surface area contributed by atoms with Crippen LogP contribution in [0.25, 0.3) is 0 Å². The largest absolute Gasteiger partial charge is 0.489 e. The Morgan fingerprint density at radius 1 is 1.50 bits per heavy atom. The molecule has 0 aliphatic heterocycles. The van der Waals surface area contributed by atoms with Crippen LogP contribution >= 0.6 is 0 Å². The molecule has 1 rings (SSSR count). The molecule has 0 spiro atoms. The molecule has 16 heavy (non-hydrogen) atoms. The zero-order valence-corrected chi connectivity index (χ0v) is 9.91. The van der Waals surface area contributed by atoms with Gasteiger partial charge < -0.3 is 15.8 Å². The fourth-order valence-electron chi connectivity index (χ4n) is 1.24. The van der Waals surface area contributed by atoms with Gasteiger partial charge in [-0.15, -0.1) is 0 Å². The van der Waals surface area contributed by atoms with E-state index in [9.17, 15) is 4.79 Å². The number of nitrogen functional groups attached to an aromatic ring is 1. The summed E-state index contributed by atoms with van der Waals surface area (Å²) in [4.78, 5) is 11.2. The maximum atomic E-state index is 11.2. The van der Waals surface area contributed by atoms with Crippen molar-refractivity contribution in [2.24, 2.45) is 0 Å². The zero-order chi connectivity index (χ0) is 12.1. The van der Waals surface area contributed by atoms with Crippen molar-refractivity contribution in [3.8, 4) is 5.75 Å². The van der Waals surface area contributed by atoms with Gasteiger partial charge in [-0.1, -0.05) is 6.92 Å². The number of nitrogens with two attached hydrogens (primary N) is 1. The normalized spacial score (nSPS) is 10.2. The number of nitrogens with one attached hydrogen (secondary N) is 1. The second-order valence-electron chi connectivity index (χ2n) is 3.82. The lowest BCUT2D eigenvalue weighted by Gasteiger charge is -2.13. The molecule has 1 aromatic carbocycles. The maximum absolute atomic E-state index is 11.2. The van der Waals surface area contributed by atoms with Gasteiger partial charge in [0.2, 0.25) is 5.91 Å². The second-order valence-corrected chi connectivity index (χ2v) is 3.82. The van der Waals surface area contributed by atoms with Gasteiger partial charge in [-0.05, 0) is 32.0 Å². The summed E-state index contributed by atoms with van der Waals surface area (Å²) in [5.74, 6) is 0.612. The smallest absolute Gasteiger partial charge is 0.224 e. The summed E-state index contributed by atoms with van der Waals surface area (Å²) in [5, 5.41) is 2.74. The number of benzene rings is 1. The molecule has 0 radical (unpaired) electrons. The number of rotatable bonds is 4. The Kier molecular flexibility index (Phi) is 4.17. The van der Waals surface area contributed by atoms with Crippen LogP contribution in [0.5, 0.6) is 5.75 Å². The van der Waals surface area contributed by atoms with E-state index in [1.807, 2.05) is 13.8 Å². The molecule has 0 heterocycles. The van der Waals surface area contributed by atoms with Gasteiger partial charge in [0.1, 0.15) is 5.75 Å². The molecule has 88 valence electrons. The van der Waals surface area contributed by atoms with Gasteiger partial charge in [0.25, 0.3) is 0 Å². The molecule has 0 aliphatic carbocycles. The number of carbonyl (C=O) groups is 1. The van der Waals surface area contributed by atoms with Crippen LogP contribution in [0, 0.1) is 0 Å². The van der Waals surface area contributed by atoms with Crippen molar-refractivity contribution in [2.45, 2.75) is 33.3 Å². The van der Waals surface area contributed by atoms with Crippen molar-refractivity contribution in [1.29, 1.82) is 0 Å².